The third-order valence-electron chi connectivity index (χ3n) is 2.34. The molecule has 0 unspecified atom stereocenters. The van der Waals surface area contributed by atoms with Crippen molar-refractivity contribution in [3.63, 3.8) is 0 Å². The molecule has 0 aliphatic carbocycles. The number of hydrogen-bond acceptors (Lipinski definition) is 3. The molecule has 2 heterocycles. The van der Waals surface area contributed by atoms with E-state index in [2.05, 4.69) is 42.2 Å². The smallest absolute Gasteiger partial charge is 0.254 e. The number of nitrogens with zero attached hydrogens (tertiary/aromatic N) is 1. The van der Waals surface area contributed by atoms with Gasteiger partial charge in [0.1, 0.15) is 5.15 Å². The summed E-state index contributed by atoms with van der Waals surface area (Å²) >= 11 is 14.2. The van der Waals surface area contributed by atoms with Crippen LogP contribution in [0, 0.1) is 0 Å². The van der Waals surface area contributed by atoms with Crippen molar-refractivity contribution in [2.75, 3.05) is 6.54 Å². The van der Waals surface area contributed by atoms with E-state index in [1.807, 2.05) is 12.1 Å². The first-order chi connectivity index (χ1) is 9.06. The minimum Gasteiger partial charge on any atom is -0.352 e. The predicted molar refractivity (Wildman–Crippen MR) is 85.0 cm³/mol. The zero-order chi connectivity index (χ0) is 13.8. The molecule has 0 fully saturated rings. The van der Waals surface area contributed by atoms with Gasteiger partial charge in [-0.2, -0.15) is 0 Å². The molecule has 0 saturated heterocycles. The number of amides is 1. The number of carbonyl (C=O) groups excluding carboxylic acids is 1. The van der Waals surface area contributed by atoms with Crippen molar-refractivity contribution in [2.45, 2.75) is 6.42 Å². The molecule has 0 aliphatic rings. The van der Waals surface area contributed by atoms with Gasteiger partial charge in [-0.25, -0.2) is 4.98 Å². The highest BCUT2D eigenvalue weighted by molar-refractivity contribution is 9.11. The van der Waals surface area contributed by atoms with Crippen molar-refractivity contribution in [2.24, 2.45) is 0 Å². The first-order valence-electron chi connectivity index (χ1n) is 5.39. The van der Waals surface area contributed by atoms with Crippen LogP contribution in [0.4, 0.5) is 0 Å². The third kappa shape index (κ3) is 4.27. The van der Waals surface area contributed by atoms with Gasteiger partial charge in [0.2, 0.25) is 0 Å². The fourth-order valence-electron chi connectivity index (χ4n) is 1.46. The molecule has 0 saturated carbocycles. The molecule has 1 amide bonds. The average molecular weight is 425 g/mol. The Kier molecular flexibility index (Phi) is 5.38. The Labute approximate surface area is 136 Å². The molecule has 2 aromatic heterocycles. The van der Waals surface area contributed by atoms with Crippen LogP contribution in [-0.2, 0) is 6.42 Å². The fraction of sp³-hybridized carbons (Fsp3) is 0.167. The second kappa shape index (κ2) is 6.83. The number of thiophene rings is 1. The zero-order valence-electron chi connectivity index (χ0n) is 9.62. The Balaban J connectivity index is 1.92. The molecule has 3 nitrogen and oxygen atoms in total. The van der Waals surface area contributed by atoms with Gasteiger partial charge in [-0.1, -0.05) is 11.6 Å². The number of hydrogen-bond donors (Lipinski definition) is 1. The second-order valence-electron chi connectivity index (χ2n) is 3.70. The second-order valence-corrected chi connectivity index (χ2v) is 7.52. The summed E-state index contributed by atoms with van der Waals surface area (Å²) in [6, 6.07) is 5.69. The zero-order valence-corrected chi connectivity index (χ0v) is 14.4. The van der Waals surface area contributed by atoms with Crippen LogP contribution in [0.2, 0.25) is 5.15 Å². The van der Waals surface area contributed by atoms with Crippen LogP contribution in [-0.4, -0.2) is 17.4 Å². The average Bonchev–Trinajstić information content (AvgIpc) is 2.78. The molecule has 2 aromatic rings. The van der Waals surface area contributed by atoms with Gasteiger partial charge < -0.3 is 5.32 Å². The monoisotopic (exact) mass is 422 g/mol. The highest BCUT2D eigenvalue weighted by Crippen LogP contribution is 2.22. The standard InChI is InChI=1S/C12H9Br2ClN2OS/c13-7-5-9(11(15)17-6-7)12(18)16-4-3-8-1-2-10(14)19-8/h1-2,5-6H,3-4H2,(H,16,18). The topological polar surface area (TPSA) is 42.0 Å². The van der Waals surface area contributed by atoms with Gasteiger partial charge in [-0.05, 0) is 56.5 Å². The van der Waals surface area contributed by atoms with E-state index in [4.69, 9.17) is 11.6 Å². The Bertz CT molecular complexity index is 603. The van der Waals surface area contributed by atoms with Crippen molar-refractivity contribution in [3.05, 3.63) is 48.2 Å². The summed E-state index contributed by atoms with van der Waals surface area (Å²) in [5.74, 6) is -0.213. The molecule has 0 atom stereocenters. The lowest BCUT2D eigenvalue weighted by Crippen LogP contribution is -2.26. The molecule has 0 spiro atoms. The van der Waals surface area contributed by atoms with Gasteiger partial charge in [-0.15, -0.1) is 11.3 Å². The van der Waals surface area contributed by atoms with Crippen LogP contribution < -0.4 is 5.32 Å². The SMILES string of the molecule is O=C(NCCc1ccc(Br)s1)c1cc(Br)cnc1Cl. The van der Waals surface area contributed by atoms with Gasteiger partial charge in [0, 0.05) is 22.1 Å². The molecule has 0 aliphatic heterocycles. The molecular weight excluding hydrogens is 415 g/mol. The Morgan fingerprint density at radius 1 is 1.42 bits per heavy atom. The summed E-state index contributed by atoms with van der Waals surface area (Å²) in [7, 11) is 0. The molecule has 0 radical (unpaired) electrons. The van der Waals surface area contributed by atoms with Gasteiger partial charge in [0.05, 0.1) is 9.35 Å². The first kappa shape index (κ1) is 15.0. The van der Waals surface area contributed by atoms with E-state index in [1.54, 1.807) is 23.6 Å². The molecule has 2 rings (SSSR count). The van der Waals surface area contributed by atoms with E-state index in [0.29, 0.717) is 12.1 Å². The number of aromatic nitrogens is 1. The number of nitrogens with one attached hydrogen (secondary N) is 1. The summed E-state index contributed by atoms with van der Waals surface area (Å²) in [6.45, 7) is 0.564. The minimum atomic E-state index is -0.213. The fourth-order valence-corrected chi connectivity index (χ4v) is 3.47. The summed E-state index contributed by atoms with van der Waals surface area (Å²) in [5, 5.41) is 3.04. The van der Waals surface area contributed by atoms with Crippen LogP contribution in [0.5, 0.6) is 0 Å². The normalized spacial score (nSPS) is 10.5. The van der Waals surface area contributed by atoms with Crippen LogP contribution in [0.25, 0.3) is 0 Å². The summed E-state index contributed by atoms with van der Waals surface area (Å²) < 4.78 is 1.82. The molecule has 0 aromatic carbocycles. The predicted octanol–water partition coefficient (Wildman–Crippen LogP) is 4.29. The first-order valence-corrected chi connectivity index (χ1v) is 8.18. The van der Waals surface area contributed by atoms with Crippen molar-refractivity contribution in [1.82, 2.24) is 10.3 Å². The maximum Gasteiger partial charge on any atom is 0.254 e. The summed E-state index contributed by atoms with van der Waals surface area (Å²) in [5.41, 5.74) is 0.378. The highest BCUT2D eigenvalue weighted by atomic mass is 79.9. The van der Waals surface area contributed by atoms with Crippen molar-refractivity contribution >= 4 is 60.7 Å². The largest absolute Gasteiger partial charge is 0.352 e. The van der Waals surface area contributed by atoms with E-state index in [-0.39, 0.29) is 11.1 Å². The van der Waals surface area contributed by atoms with Crippen LogP contribution >= 0.6 is 54.8 Å². The van der Waals surface area contributed by atoms with Gasteiger partial charge >= 0.3 is 0 Å². The molecular formula is C12H9Br2ClN2OS. The summed E-state index contributed by atoms with van der Waals surface area (Å²) in [4.78, 5) is 17.1. The Morgan fingerprint density at radius 3 is 2.89 bits per heavy atom. The van der Waals surface area contributed by atoms with Gasteiger partial charge in [0.25, 0.3) is 5.91 Å². The van der Waals surface area contributed by atoms with Crippen molar-refractivity contribution < 1.29 is 4.79 Å². The maximum absolute atomic E-state index is 12.0. The van der Waals surface area contributed by atoms with E-state index < -0.39 is 0 Å². The van der Waals surface area contributed by atoms with Crippen LogP contribution in [0.3, 0.4) is 0 Å². The highest BCUT2D eigenvalue weighted by Gasteiger charge is 2.11. The molecule has 0 bridgehead atoms. The van der Waals surface area contributed by atoms with Crippen LogP contribution in [0.15, 0.2) is 32.7 Å². The Hall–Kier alpha value is -0.430. The van der Waals surface area contributed by atoms with E-state index in [0.717, 1.165) is 14.7 Å². The van der Waals surface area contributed by atoms with Crippen molar-refractivity contribution in [1.29, 1.82) is 0 Å². The lowest BCUT2D eigenvalue weighted by molar-refractivity contribution is 0.0954. The molecule has 19 heavy (non-hydrogen) atoms. The third-order valence-corrected chi connectivity index (χ3v) is 4.75. The molecule has 100 valence electrons. The minimum absolute atomic E-state index is 0.208. The number of rotatable bonds is 4. The van der Waals surface area contributed by atoms with E-state index in [9.17, 15) is 4.79 Å². The molecule has 1 N–H and O–H groups in total. The maximum atomic E-state index is 12.0. The quantitative estimate of drug-likeness (QED) is 0.744. The number of pyridine rings is 1. The lowest BCUT2D eigenvalue weighted by atomic mass is 10.2. The van der Waals surface area contributed by atoms with Crippen molar-refractivity contribution in [3.8, 4) is 0 Å². The summed E-state index contributed by atoms with van der Waals surface area (Å²) in [6.07, 6.45) is 2.35. The molecule has 7 heteroatoms. The number of carbonyl (C=O) groups is 1. The van der Waals surface area contributed by atoms with E-state index >= 15 is 0 Å². The van der Waals surface area contributed by atoms with Crippen LogP contribution in [0.1, 0.15) is 15.2 Å². The van der Waals surface area contributed by atoms with E-state index in [1.165, 1.54) is 4.88 Å². The Morgan fingerprint density at radius 2 is 2.21 bits per heavy atom. The van der Waals surface area contributed by atoms with Gasteiger partial charge in [0.15, 0.2) is 0 Å². The lowest BCUT2D eigenvalue weighted by Gasteiger charge is -2.06. The van der Waals surface area contributed by atoms with Gasteiger partial charge in [-0.3, -0.25) is 4.79 Å². The number of halogens is 3.